The number of carbonyl (C=O) groups is 1. The summed E-state index contributed by atoms with van der Waals surface area (Å²) in [4.78, 5) is 13.9. The Morgan fingerprint density at radius 1 is 1.32 bits per heavy atom. The number of hydrogen-bond acceptors (Lipinski definition) is 3. The highest BCUT2D eigenvalue weighted by Gasteiger charge is 2.20. The van der Waals surface area contributed by atoms with Gasteiger partial charge in [-0.2, -0.15) is 5.26 Å². The predicted octanol–water partition coefficient (Wildman–Crippen LogP) is 2.58. The molecule has 0 atom stereocenters. The molecule has 1 amide bonds. The van der Waals surface area contributed by atoms with E-state index < -0.39 is 0 Å². The first kappa shape index (κ1) is 15.0. The maximum Gasteiger partial charge on any atom is 0.260 e. The van der Waals surface area contributed by atoms with Gasteiger partial charge in [0.25, 0.3) is 5.91 Å². The van der Waals surface area contributed by atoms with E-state index in [1.807, 2.05) is 33.8 Å². The Bertz CT molecular complexity index is 467. The van der Waals surface area contributed by atoms with E-state index in [2.05, 4.69) is 0 Å². The second-order valence-corrected chi connectivity index (χ2v) is 4.92. The van der Waals surface area contributed by atoms with Crippen LogP contribution in [0.4, 0.5) is 0 Å². The Labute approximate surface area is 114 Å². The zero-order valence-corrected chi connectivity index (χ0v) is 11.9. The molecule has 4 nitrogen and oxygen atoms in total. The van der Waals surface area contributed by atoms with E-state index in [9.17, 15) is 4.79 Å². The lowest BCUT2D eigenvalue weighted by Gasteiger charge is -2.30. The quantitative estimate of drug-likeness (QED) is 0.817. The molecule has 1 aromatic rings. The smallest absolute Gasteiger partial charge is 0.260 e. The average molecular weight is 260 g/mol. The number of rotatable bonds is 5. The zero-order valence-electron chi connectivity index (χ0n) is 11.9. The molecule has 102 valence electrons. The lowest BCUT2D eigenvalue weighted by atomic mass is 10.2. The van der Waals surface area contributed by atoms with Gasteiger partial charge >= 0.3 is 0 Å². The number of carbonyl (C=O) groups excluding carboxylic acids is 1. The number of ether oxygens (including phenoxy) is 1. The van der Waals surface area contributed by atoms with Crippen LogP contribution in [0.2, 0.25) is 0 Å². The number of amides is 1. The Kier molecular flexibility index (Phi) is 5.37. The molecule has 19 heavy (non-hydrogen) atoms. The number of nitrogens with zero attached hydrogens (tertiary/aromatic N) is 2. The lowest BCUT2D eigenvalue weighted by molar-refractivity contribution is -0.136. The third-order valence-electron chi connectivity index (χ3n) is 2.73. The van der Waals surface area contributed by atoms with Gasteiger partial charge < -0.3 is 9.64 Å². The molecular weight excluding hydrogens is 240 g/mol. The maximum atomic E-state index is 12.1. The third-order valence-corrected chi connectivity index (χ3v) is 2.73. The van der Waals surface area contributed by atoms with Crippen LogP contribution >= 0.6 is 0 Å². The number of nitriles is 1. The molecule has 0 saturated heterocycles. The number of benzene rings is 1. The highest BCUT2D eigenvalue weighted by atomic mass is 16.5. The minimum atomic E-state index is -0.0487. The fourth-order valence-electron chi connectivity index (χ4n) is 2.05. The van der Waals surface area contributed by atoms with Crippen molar-refractivity contribution in [2.24, 2.45) is 0 Å². The minimum absolute atomic E-state index is 0.00869. The first-order valence-electron chi connectivity index (χ1n) is 6.39. The Balaban J connectivity index is 2.65. The first-order valence-corrected chi connectivity index (χ1v) is 6.39. The molecule has 0 bridgehead atoms. The molecule has 0 N–H and O–H groups in total. The molecule has 0 aromatic heterocycles. The highest BCUT2D eigenvalue weighted by Crippen LogP contribution is 2.13. The van der Waals surface area contributed by atoms with E-state index in [1.54, 1.807) is 29.2 Å². The van der Waals surface area contributed by atoms with Crippen LogP contribution in [0.15, 0.2) is 24.3 Å². The molecule has 0 saturated carbocycles. The van der Waals surface area contributed by atoms with E-state index in [1.165, 1.54) is 0 Å². The molecular formula is C15H20N2O2. The van der Waals surface area contributed by atoms with Gasteiger partial charge in [-0.25, -0.2) is 0 Å². The van der Waals surface area contributed by atoms with E-state index >= 15 is 0 Å². The molecule has 0 aliphatic rings. The van der Waals surface area contributed by atoms with Gasteiger partial charge in [-0.15, -0.1) is 0 Å². The summed E-state index contributed by atoms with van der Waals surface area (Å²) < 4.78 is 5.45. The maximum absolute atomic E-state index is 12.1. The Hall–Kier alpha value is -2.02. The van der Waals surface area contributed by atoms with Gasteiger partial charge in [0.2, 0.25) is 0 Å². The molecule has 0 heterocycles. The summed E-state index contributed by atoms with van der Waals surface area (Å²) in [5.74, 6) is 0.493. The van der Waals surface area contributed by atoms with Gasteiger partial charge in [0.15, 0.2) is 6.61 Å². The minimum Gasteiger partial charge on any atom is -0.484 e. The Morgan fingerprint density at radius 3 is 2.47 bits per heavy atom. The van der Waals surface area contributed by atoms with Crippen LogP contribution in [0.1, 0.15) is 33.3 Å². The summed E-state index contributed by atoms with van der Waals surface area (Å²) in [5.41, 5.74) is 0.523. The van der Waals surface area contributed by atoms with Crippen molar-refractivity contribution in [3.8, 4) is 11.8 Å². The van der Waals surface area contributed by atoms with Gasteiger partial charge in [-0.1, -0.05) is 6.07 Å². The molecule has 1 aromatic carbocycles. The van der Waals surface area contributed by atoms with Gasteiger partial charge in [0, 0.05) is 12.1 Å². The standard InChI is InChI=1S/C15H20N2O2/c1-11(2)17(12(3)4)15(18)10-19-14-7-5-6-13(8-14)9-16/h5-8,11-12H,10H2,1-4H3. The van der Waals surface area contributed by atoms with E-state index in [0.717, 1.165) is 0 Å². The van der Waals surface area contributed by atoms with Crippen molar-refractivity contribution in [2.45, 2.75) is 39.8 Å². The summed E-state index contributed by atoms with van der Waals surface area (Å²) in [6.45, 7) is 7.91. The normalized spacial score (nSPS) is 10.4. The third kappa shape index (κ3) is 4.29. The summed E-state index contributed by atoms with van der Waals surface area (Å²) in [6.07, 6.45) is 0. The SMILES string of the molecule is CC(C)N(C(=O)COc1cccc(C#N)c1)C(C)C. The van der Waals surface area contributed by atoms with Crippen LogP contribution in [-0.4, -0.2) is 29.5 Å². The summed E-state index contributed by atoms with van der Waals surface area (Å²) in [6, 6.07) is 9.12. The van der Waals surface area contributed by atoms with E-state index in [4.69, 9.17) is 10.00 Å². The average Bonchev–Trinajstić information content (AvgIpc) is 2.35. The van der Waals surface area contributed by atoms with Gasteiger partial charge in [-0.3, -0.25) is 4.79 Å². The number of hydrogen-bond donors (Lipinski definition) is 0. The van der Waals surface area contributed by atoms with Crippen molar-refractivity contribution >= 4 is 5.91 Å². The second-order valence-electron chi connectivity index (χ2n) is 4.92. The largest absolute Gasteiger partial charge is 0.484 e. The predicted molar refractivity (Wildman–Crippen MR) is 73.8 cm³/mol. The van der Waals surface area contributed by atoms with Gasteiger partial charge in [-0.05, 0) is 45.9 Å². The monoisotopic (exact) mass is 260 g/mol. The van der Waals surface area contributed by atoms with Crippen LogP contribution < -0.4 is 4.74 Å². The second kappa shape index (κ2) is 6.79. The summed E-state index contributed by atoms with van der Waals surface area (Å²) in [7, 11) is 0. The van der Waals surface area contributed by atoms with Crippen LogP contribution in [0.25, 0.3) is 0 Å². The highest BCUT2D eigenvalue weighted by molar-refractivity contribution is 5.78. The van der Waals surface area contributed by atoms with E-state index in [-0.39, 0.29) is 24.6 Å². The summed E-state index contributed by atoms with van der Waals surface area (Å²) >= 11 is 0. The van der Waals surface area contributed by atoms with Crippen molar-refractivity contribution in [3.05, 3.63) is 29.8 Å². The van der Waals surface area contributed by atoms with Crippen molar-refractivity contribution in [2.75, 3.05) is 6.61 Å². The molecule has 0 radical (unpaired) electrons. The fourth-order valence-corrected chi connectivity index (χ4v) is 2.05. The lowest BCUT2D eigenvalue weighted by Crippen LogP contribution is -2.44. The fraction of sp³-hybridized carbons (Fsp3) is 0.467. The molecule has 0 aliphatic carbocycles. The Morgan fingerprint density at radius 2 is 1.95 bits per heavy atom. The van der Waals surface area contributed by atoms with Gasteiger partial charge in [0.05, 0.1) is 11.6 Å². The first-order chi connectivity index (χ1) is 8.95. The molecule has 1 rings (SSSR count). The van der Waals surface area contributed by atoms with Crippen molar-refractivity contribution in [1.82, 2.24) is 4.90 Å². The molecule has 0 unspecified atom stereocenters. The van der Waals surface area contributed by atoms with Crippen molar-refractivity contribution in [1.29, 1.82) is 5.26 Å². The molecule has 0 fully saturated rings. The van der Waals surface area contributed by atoms with E-state index in [0.29, 0.717) is 11.3 Å². The van der Waals surface area contributed by atoms with Crippen molar-refractivity contribution in [3.63, 3.8) is 0 Å². The molecule has 4 heteroatoms. The molecule has 0 spiro atoms. The molecule has 0 aliphatic heterocycles. The topological polar surface area (TPSA) is 53.3 Å². The van der Waals surface area contributed by atoms with Crippen LogP contribution in [0, 0.1) is 11.3 Å². The van der Waals surface area contributed by atoms with Gasteiger partial charge in [0.1, 0.15) is 5.75 Å². The van der Waals surface area contributed by atoms with Crippen LogP contribution in [-0.2, 0) is 4.79 Å². The van der Waals surface area contributed by atoms with Crippen LogP contribution in [0.5, 0.6) is 5.75 Å². The van der Waals surface area contributed by atoms with Crippen LogP contribution in [0.3, 0.4) is 0 Å². The summed E-state index contributed by atoms with van der Waals surface area (Å²) in [5, 5.41) is 8.79. The van der Waals surface area contributed by atoms with Crippen molar-refractivity contribution < 1.29 is 9.53 Å². The zero-order chi connectivity index (χ0) is 14.4.